The van der Waals surface area contributed by atoms with Gasteiger partial charge in [-0.25, -0.2) is 17.4 Å². The van der Waals surface area contributed by atoms with Crippen LogP contribution in [0.3, 0.4) is 0 Å². The fraction of sp³-hybridized carbons (Fsp3) is 0.364. The van der Waals surface area contributed by atoms with Crippen molar-refractivity contribution in [3.63, 3.8) is 0 Å². The molecule has 0 aliphatic heterocycles. The van der Waals surface area contributed by atoms with Gasteiger partial charge in [0.05, 0.1) is 23.0 Å². The molecule has 2 heterocycles. The Morgan fingerprint density at radius 1 is 1.17 bits per heavy atom. The number of aromatic nitrogens is 2. The van der Waals surface area contributed by atoms with Crippen LogP contribution in [0.1, 0.15) is 44.9 Å². The van der Waals surface area contributed by atoms with Gasteiger partial charge >= 0.3 is 5.97 Å². The normalized spacial score (nSPS) is 12.3. The van der Waals surface area contributed by atoms with E-state index in [2.05, 4.69) is 9.72 Å². The summed E-state index contributed by atoms with van der Waals surface area (Å²) in [7, 11) is -2.56. The van der Waals surface area contributed by atoms with Crippen LogP contribution in [0.15, 0.2) is 47.4 Å². The zero-order chi connectivity index (χ0) is 22.1. The van der Waals surface area contributed by atoms with E-state index < -0.39 is 10.0 Å². The molecule has 0 amide bonds. The lowest BCUT2D eigenvalue weighted by Gasteiger charge is -2.20. The van der Waals surface area contributed by atoms with E-state index in [1.54, 1.807) is 36.4 Å². The second-order valence-electron chi connectivity index (χ2n) is 8.15. The lowest BCUT2D eigenvalue weighted by atomic mass is 9.87. The van der Waals surface area contributed by atoms with Gasteiger partial charge in [-0.2, -0.15) is 0 Å². The molecule has 30 heavy (non-hydrogen) atoms. The Kier molecular flexibility index (Phi) is 6.24. The highest BCUT2D eigenvalue weighted by Gasteiger charge is 2.25. The molecule has 0 N–H and O–H groups in total. The zero-order valence-electron chi connectivity index (χ0n) is 17.5. The minimum absolute atomic E-state index is 0.192. The maximum Gasteiger partial charge on any atom is 0.305 e. The lowest BCUT2D eigenvalue weighted by molar-refractivity contribution is -0.140. The van der Waals surface area contributed by atoms with Gasteiger partial charge in [0, 0.05) is 12.1 Å². The minimum Gasteiger partial charge on any atom is -0.469 e. The largest absolute Gasteiger partial charge is 0.469 e. The van der Waals surface area contributed by atoms with E-state index in [4.69, 9.17) is 11.6 Å². The quantitative estimate of drug-likeness (QED) is 0.402. The number of carbonyl (C=O) groups is 1. The summed E-state index contributed by atoms with van der Waals surface area (Å²) in [6, 6.07) is 11.9. The highest BCUT2D eigenvalue weighted by Crippen LogP contribution is 2.30. The average Bonchev–Trinajstić information content (AvgIpc) is 3.05. The van der Waals surface area contributed by atoms with E-state index in [1.165, 1.54) is 11.1 Å². The Hall–Kier alpha value is -2.38. The molecule has 6 nitrogen and oxygen atoms in total. The number of hydrogen-bond acceptors (Lipinski definition) is 5. The van der Waals surface area contributed by atoms with Crippen molar-refractivity contribution in [2.24, 2.45) is 0 Å². The van der Waals surface area contributed by atoms with Crippen molar-refractivity contribution in [2.45, 2.75) is 50.3 Å². The zero-order valence-corrected chi connectivity index (χ0v) is 19.0. The van der Waals surface area contributed by atoms with E-state index in [0.29, 0.717) is 29.6 Å². The molecule has 0 aliphatic carbocycles. The second kappa shape index (κ2) is 8.40. The first-order valence-corrected chi connectivity index (χ1v) is 11.5. The Labute approximate surface area is 181 Å². The highest BCUT2D eigenvalue weighted by atomic mass is 35.5. The van der Waals surface area contributed by atoms with Crippen LogP contribution in [-0.4, -0.2) is 30.5 Å². The molecule has 3 rings (SSSR count). The lowest BCUT2D eigenvalue weighted by Crippen LogP contribution is -2.18. The summed E-state index contributed by atoms with van der Waals surface area (Å²) < 4.78 is 33.3. The Balaban J connectivity index is 2.13. The van der Waals surface area contributed by atoms with Crippen molar-refractivity contribution in [3.05, 3.63) is 58.9 Å². The molecule has 1 aromatic carbocycles. The Bertz CT molecular complexity index is 1190. The number of esters is 1. The molecular weight excluding hydrogens is 424 g/mol. The van der Waals surface area contributed by atoms with E-state index in [0.717, 1.165) is 5.56 Å². The fourth-order valence-electron chi connectivity index (χ4n) is 3.29. The molecule has 0 radical (unpaired) electrons. The van der Waals surface area contributed by atoms with Gasteiger partial charge < -0.3 is 4.74 Å². The first-order chi connectivity index (χ1) is 14.0. The molecule has 3 aromatic rings. The third-order valence-corrected chi connectivity index (χ3v) is 6.90. The van der Waals surface area contributed by atoms with Gasteiger partial charge in [0.25, 0.3) is 10.0 Å². The molecule has 2 aromatic heterocycles. The van der Waals surface area contributed by atoms with Crippen molar-refractivity contribution in [2.75, 3.05) is 7.11 Å². The van der Waals surface area contributed by atoms with Crippen molar-refractivity contribution in [1.82, 2.24) is 8.96 Å². The van der Waals surface area contributed by atoms with Crippen LogP contribution in [0, 0.1) is 0 Å². The molecule has 0 saturated heterocycles. The summed E-state index contributed by atoms with van der Waals surface area (Å²) in [4.78, 5) is 16.0. The molecule has 0 unspecified atom stereocenters. The van der Waals surface area contributed by atoms with Gasteiger partial charge in [-0.05, 0) is 54.2 Å². The smallest absolute Gasteiger partial charge is 0.305 e. The van der Waals surface area contributed by atoms with Crippen LogP contribution >= 0.6 is 11.6 Å². The molecule has 0 fully saturated rings. The van der Waals surface area contributed by atoms with E-state index in [9.17, 15) is 13.2 Å². The minimum atomic E-state index is -3.89. The topological polar surface area (TPSA) is 78.3 Å². The number of fused-ring (bicyclic) bond motifs is 1. The Morgan fingerprint density at radius 3 is 2.57 bits per heavy atom. The van der Waals surface area contributed by atoms with Gasteiger partial charge in [0.2, 0.25) is 0 Å². The number of nitrogens with zero attached hydrogens (tertiary/aromatic N) is 2. The molecule has 0 aliphatic rings. The predicted molar refractivity (Wildman–Crippen MR) is 117 cm³/mol. The maximum absolute atomic E-state index is 13.7. The highest BCUT2D eigenvalue weighted by molar-refractivity contribution is 7.90. The molecule has 0 spiro atoms. The van der Waals surface area contributed by atoms with Crippen molar-refractivity contribution < 1.29 is 17.9 Å². The van der Waals surface area contributed by atoms with E-state index in [1.807, 2.05) is 26.8 Å². The van der Waals surface area contributed by atoms with Gasteiger partial charge in [-0.1, -0.05) is 44.5 Å². The number of ether oxygens (including phenoxy) is 1. The summed E-state index contributed by atoms with van der Waals surface area (Å²) >= 11 is 6.02. The van der Waals surface area contributed by atoms with Gasteiger partial charge in [-0.15, -0.1) is 0 Å². The number of carbonyl (C=O) groups excluding carboxylic acids is 1. The van der Waals surface area contributed by atoms with Crippen LogP contribution in [0.4, 0.5) is 0 Å². The standard InChI is InChI=1S/C22H25ClN2O4S/c1-22(2,3)15-7-5-9-17(13-15)30(27,28)25-16(8-6-10-21(26)29-4)14-18-19(25)11-12-20(23)24-18/h5,7,9,11-14H,6,8,10H2,1-4H3. The Morgan fingerprint density at radius 2 is 1.90 bits per heavy atom. The maximum atomic E-state index is 13.7. The number of halogens is 1. The number of pyridine rings is 1. The number of rotatable bonds is 6. The first-order valence-electron chi connectivity index (χ1n) is 9.64. The van der Waals surface area contributed by atoms with Crippen LogP contribution in [0.5, 0.6) is 0 Å². The van der Waals surface area contributed by atoms with Crippen molar-refractivity contribution in [1.29, 1.82) is 0 Å². The summed E-state index contributed by atoms with van der Waals surface area (Å²) in [6.45, 7) is 6.11. The third-order valence-electron chi connectivity index (χ3n) is 4.93. The summed E-state index contributed by atoms with van der Waals surface area (Å²) in [5, 5.41) is 0.285. The SMILES string of the molecule is COC(=O)CCCc1cc2nc(Cl)ccc2n1S(=O)(=O)c1cccc(C(C)(C)C)c1. The molecule has 8 heteroatoms. The fourth-order valence-corrected chi connectivity index (χ4v) is 5.05. The number of benzene rings is 1. The van der Waals surface area contributed by atoms with Gasteiger partial charge in [0.15, 0.2) is 0 Å². The summed E-state index contributed by atoms with van der Waals surface area (Å²) in [5.41, 5.74) is 2.22. The van der Waals surface area contributed by atoms with Crippen molar-refractivity contribution in [3.8, 4) is 0 Å². The number of aryl methyl sites for hydroxylation is 1. The predicted octanol–water partition coefficient (Wildman–Crippen LogP) is 4.72. The van der Waals surface area contributed by atoms with Crippen molar-refractivity contribution >= 4 is 38.6 Å². The molecule has 0 saturated carbocycles. The van der Waals surface area contributed by atoms with E-state index >= 15 is 0 Å². The van der Waals surface area contributed by atoms with Crippen LogP contribution in [0.25, 0.3) is 11.0 Å². The molecule has 160 valence electrons. The van der Waals surface area contributed by atoms with Gasteiger partial charge in [0.1, 0.15) is 5.15 Å². The second-order valence-corrected chi connectivity index (χ2v) is 10.3. The molecular formula is C22H25ClN2O4S. The summed E-state index contributed by atoms with van der Waals surface area (Å²) in [6.07, 6.45) is 1.03. The number of methoxy groups -OCH3 is 1. The monoisotopic (exact) mass is 448 g/mol. The van der Waals surface area contributed by atoms with Crippen LogP contribution < -0.4 is 0 Å². The first kappa shape index (κ1) is 22.3. The molecule has 0 atom stereocenters. The van der Waals surface area contributed by atoms with E-state index in [-0.39, 0.29) is 27.9 Å². The summed E-state index contributed by atoms with van der Waals surface area (Å²) in [5.74, 6) is -0.334. The van der Waals surface area contributed by atoms with Gasteiger partial charge in [-0.3, -0.25) is 4.79 Å². The van der Waals surface area contributed by atoms with Crippen LogP contribution in [0.2, 0.25) is 5.15 Å². The average molecular weight is 449 g/mol. The number of hydrogen-bond donors (Lipinski definition) is 0. The molecule has 0 bridgehead atoms. The third kappa shape index (κ3) is 4.52. The van der Waals surface area contributed by atoms with Crippen LogP contribution in [-0.2, 0) is 31.4 Å².